The monoisotopic (exact) mass is 279 g/mol. The summed E-state index contributed by atoms with van der Waals surface area (Å²) in [5, 5.41) is 10.2. The van der Waals surface area contributed by atoms with E-state index in [9.17, 15) is 5.11 Å². The third-order valence-electron chi connectivity index (χ3n) is 5.07. The number of furan rings is 1. The molecule has 20 heavy (non-hydrogen) atoms. The Hall–Kier alpha value is -0.840. The summed E-state index contributed by atoms with van der Waals surface area (Å²) in [6.45, 7) is 7.66. The van der Waals surface area contributed by atoms with E-state index >= 15 is 0 Å². The van der Waals surface area contributed by atoms with Crippen molar-refractivity contribution >= 4 is 0 Å². The molecule has 112 valence electrons. The molecular formula is C16H25NO3. The number of piperidine rings is 1. The largest absolute Gasteiger partial charge is 0.465 e. The van der Waals surface area contributed by atoms with Crippen molar-refractivity contribution < 1.29 is 14.3 Å². The van der Waals surface area contributed by atoms with Gasteiger partial charge in [-0.3, -0.25) is 4.90 Å². The van der Waals surface area contributed by atoms with E-state index < -0.39 is 0 Å². The van der Waals surface area contributed by atoms with Gasteiger partial charge in [0.1, 0.15) is 11.5 Å². The normalized spacial score (nSPS) is 29.6. The van der Waals surface area contributed by atoms with Crippen LogP contribution in [0.2, 0.25) is 0 Å². The maximum atomic E-state index is 10.2. The van der Waals surface area contributed by atoms with Gasteiger partial charge in [0.25, 0.3) is 0 Å². The molecule has 0 aromatic carbocycles. The maximum Gasteiger partial charge on any atom is 0.118 e. The Morgan fingerprint density at radius 2 is 2.15 bits per heavy atom. The minimum atomic E-state index is -0.174. The number of rotatable bonds is 4. The first-order valence-electron chi connectivity index (χ1n) is 7.71. The molecule has 0 bridgehead atoms. The fraction of sp³-hybridized carbons (Fsp3) is 0.750. The van der Waals surface area contributed by atoms with E-state index in [1.165, 1.54) is 0 Å². The smallest absolute Gasteiger partial charge is 0.118 e. The van der Waals surface area contributed by atoms with Crippen LogP contribution in [0.5, 0.6) is 0 Å². The number of aliphatic hydroxyl groups excluding tert-OH is 1. The quantitative estimate of drug-likeness (QED) is 0.919. The second-order valence-electron chi connectivity index (χ2n) is 6.22. The number of ether oxygens (including phenoxy) is 1. The van der Waals surface area contributed by atoms with Crippen LogP contribution in [-0.2, 0) is 11.3 Å². The van der Waals surface area contributed by atoms with Gasteiger partial charge in [0.2, 0.25) is 0 Å². The van der Waals surface area contributed by atoms with Crippen LogP contribution < -0.4 is 0 Å². The average molecular weight is 279 g/mol. The molecule has 2 atom stereocenters. The molecule has 0 amide bonds. The highest BCUT2D eigenvalue weighted by molar-refractivity contribution is 5.08. The molecule has 1 saturated heterocycles. The molecule has 1 aromatic rings. The van der Waals surface area contributed by atoms with Gasteiger partial charge in [-0.1, -0.05) is 0 Å². The molecule has 1 spiro atoms. The summed E-state index contributed by atoms with van der Waals surface area (Å²) in [7, 11) is 0. The van der Waals surface area contributed by atoms with Gasteiger partial charge in [-0.15, -0.1) is 0 Å². The average Bonchev–Trinajstić information content (AvgIpc) is 2.85. The van der Waals surface area contributed by atoms with Crippen LogP contribution in [0.4, 0.5) is 0 Å². The number of aryl methyl sites for hydroxylation is 1. The first-order valence-corrected chi connectivity index (χ1v) is 7.71. The van der Waals surface area contributed by atoms with Crippen molar-refractivity contribution in [2.75, 3.05) is 19.7 Å². The summed E-state index contributed by atoms with van der Waals surface area (Å²) in [5.74, 6) is 2.01. The molecule has 1 aromatic heterocycles. The van der Waals surface area contributed by atoms with Gasteiger partial charge in [-0.2, -0.15) is 0 Å². The highest BCUT2D eigenvalue weighted by atomic mass is 16.5. The van der Waals surface area contributed by atoms with Crippen LogP contribution >= 0.6 is 0 Å². The van der Waals surface area contributed by atoms with Crippen molar-refractivity contribution in [2.24, 2.45) is 5.41 Å². The third-order valence-corrected chi connectivity index (χ3v) is 5.07. The molecular weight excluding hydrogens is 254 g/mol. The zero-order chi connectivity index (χ0) is 14.2. The number of hydrogen-bond acceptors (Lipinski definition) is 4. The number of likely N-dealkylation sites (tertiary alicyclic amines) is 1. The Labute approximate surface area is 120 Å². The fourth-order valence-electron chi connectivity index (χ4n) is 3.73. The minimum absolute atomic E-state index is 0.0194. The Morgan fingerprint density at radius 3 is 2.70 bits per heavy atom. The van der Waals surface area contributed by atoms with E-state index in [2.05, 4.69) is 11.0 Å². The first-order chi connectivity index (χ1) is 9.64. The molecule has 1 aliphatic carbocycles. The summed E-state index contributed by atoms with van der Waals surface area (Å²) in [6, 6.07) is 4.07. The van der Waals surface area contributed by atoms with Gasteiger partial charge in [-0.05, 0) is 51.9 Å². The summed E-state index contributed by atoms with van der Waals surface area (Å²) in [6.07, 6.45) is 2.95. The molecule has 2 fully saturated rings. The lowest BCUT2D eigenvalue weighted by Crippen LogP contribution is -2.62. The minimum Gasteiger partial charge on any atom is -0.465 e. The van der Waals surface area contributed by atoms with E-state index in [4.69, 9.17) is 9.15 Å². The molecule has 1 saturated carbocycles. The van der Waals surface area contributed by atoms with Crippen molar-refractivity contribution in [1.82, 2.24) is 4.90 Å². The molecule has 4 nitrogen and oxygen atoms in total. The van der Waals surface area contributed by atoms with E-state index in [1.54, 1.807) is 0 Å². The molecule has 4 heteroatoms. The number of aliphatic hydroxyl groups is 1. The van der Waals surface area contributed by atoms with Crippen LogP contribution in [0.25, 0.3) is 0 Å². The van der Waals surface area contributed by atoms with Crippen LogP contribution in [-0.4, -0.2) is 41.9 Å². The van der Waals surface area contributed by atoms with E-state index in [0.29, 0.717) is 0 Å². The lowest BCUT2D eigenvalue weighted by atomic mass is 9.58. The predicted molar refractivity (Wildman–Crippen MR) is 76.4 cm³/mol. The summed E-state index contributed by atoms with van der Waals surface area (Å²) < 4.78 is 11.4. The summed E-state index contributed by atoms with van der Waals surface area (Å²) >= 11 is 0. The molecule has 3 rings (SSSR count). The predicted octanol–water partition coefficient (Wildman–Crippen LogP) is 2.34. The van der Waals surface area contributed by atoms with Gasteiger partial charge >= 0.3 is 0 Å². The van der Waals surface area contributed by atoms with E-state index in [1.807, 2.05) is 19.9 Å². The van der Waals surface area contributed by atoms with Crippen molar-refractivity contribution in [1.29, 1.82) is 0 Å². The Balaban J connectivity index is 1.56. The zero-order valence-corrected chi connectivity index (χ0v) is 12.5. The molecule has 1 N–H and O–H groups in total. The summed E-state index contributed by atoms with van der Waals surface area (Å²) in [5.41, 5.74) is 0.0194. The van der Waals surface area contributed by atoms with Gasteiger partial charge < -0.3 is 14.3 Å². The topological polar surface area (TPSA) is 45.8 Å². The lowest BCUT2D eigenvalue weighted by molar-refractivity contribution is -0.210. The number of nitrogens with zero attached hydrogens (tertiary/aromatic N) is 1. The van der Waals surface area contributed by atoms with Gasteiger partial charge in [-0.25, -0.2) is 0 Å². The Morgan fingerprint density at radius 1 is 1.40 bits per heavy atom. The van der Waals surface area contributed by atoms with Gasteiger partial charge in [0.15, 0.2) is 0 Å². The van der Waals surface area contributed by atoms with Crippen molar-refractivity contribution in [2.45, 2.75) is 51.9 Å². The van der Waals surface area contributed by atoms with Crippen molar-refractivity contribution in [3.05, 3.63) is 23.7 Å². The van der Waals surface area contributed by atoms with Crippen molar-refractivity contribution in [3.63, 3.8) is 0 Å². The molecule has 0 unspecified atom stereocenters. The zero-order valence-electron chi connectivity index (χ0n) is 12.5. The first kappa shape index (κ1) is 14.1. The van der Waals surface area contributed by atoms with Crippen LogP contribution in [0.3, 0.4) is 0 Å². The van der Waals surface area contributed by atoms with Crippen LogP contribution in [0.15, 0.2) is 16.5 Å². The highest BCUT2D eigenvalue weighted by Gasteiger charge is 2.55. The fourth-order valence-corrected chi connectivity index (χ4v) is 3.73. The standard InChI is InChI=1S/C16H25NO3/c1-3-19-15-10-14(18)16(15)6-8-17(9-7-16)11-13-5-4-12(2)20-13/h4-5,14-15,18H,3,6-11H2,1-2H3/t14-,15+/m0/s1. The Bertz CT molecular complexity index is 446. The van der Waals surface area contributed by atoms with Gasteiger partial charge in [0, 0.05) is 18.4 Å². The van der Waals surface area contributed by atoms with Crippen LogP contribution in [0, 0.1) is 12.3 Å². The second kappa shape index (κ2) is 5.51. The molecule has 2 heterocycles. The molecule has 1 aliphatic heterocycles. The second-order valence-corrected chi connectivity index (χ2v) is 6.22. The maximum absolute atomic E-state index is 10.2. The Kier molecular flexibility index (Phi) is 3.89. The lowest BCUT2D eigenvalue weighted by Gasteiger charge is -2.56. The van der Waals surface area contributed by atoms with Gasteiger partial charge in [0.05, 0.1) is 18.8 Å². The molecule has 2 aliphatic rings. The SMILES string of the molecule is CCO[C@@H]1C[C@H](O)C12CCN(Cc1ccc(C)o1)CC2. The highest BCUT2D eigenvalue weighted by Crippen LogP contribution is 2.51. The van der Waals surface area contributed by atoms with Crippen LogP contribution in [0.1, 0.15) is 37.7 Å². The molecule has 0 radical (unpaired) electrons. The van der Waals surface area contributed by atoms with E-state index in [-0.39, 0.29) is 17.6 Å². The van der Waals surface area contributed by atoms with Crippen molar-refractivity contribution in [3.8, 4) is 0 Å². The van der Waals surface area contributed by atoms with E-state index in [0.717, 1.165) is 57.0 Å². The number of hydrogen-bond donors (Lipinski definition) is 1. The third kappa shape index (κ3) is 2.41. The summed E-state index contributed by atoms with van der Waals surface area (Å²) in [4.78, 5) is 2.41.